The molecule has 1 saturated carbocycles. The molecule has 7 heteroatoms. The maximum Gasteiger partial charge on any atom is 0.319 e. The van der Waals surface area contributed by atoms with Crippen LogP contribution in [0.4, 0.5) is 16.2 Å². The van der Waals surface area contributed by atoms with Gasteiger partial charge in [0.05, 0.1) is 0 Å². The maximum absolute atomic E-state index is 12.6. The van der Waals surface area contributed by atoms with Crippen molar-refractivity contribution < 1.29 is 9.59 Å². The molecule has 2 fully saturated rings. The minimum atomic E-state index is -0.230. The number of hydrogen-bond acceptors (Lipinski definition) is 4. The van der Waals surface area contributed by atoms with Crippen molar-refractivity contribution in [3.05, 3.63) is 59.7 Å². The van der Waals surface area contributed by atoms with Gasteiger partial charge in [-0.3, -0.25) is 9.69 Å². The molecule has 0 atom stereocenters. The summed E-state index contributed by atoms with van der Waals surface area (Å²) in [5.41, 5.74) is 3.11. The van der Waals surface area contributed by atoms with Gasteiger partial charge in [0.15, 0.2) is 0 Å². The number of rotatable bonds is 7. The first-order valence-corrected chi connectivity index (χ1v) is 11.1. The second-order valence-corrected chi connectivity index (χ2v) is 8.31. The quantitative estimate of drug-likeness (QED) is 0.641. The summed E-state index contributed by atoms with van der Waals surface area (Å²) in [6, 6.07) is 15.1. The van der Waals surface area contributed by atoms with E-state index in [1.807, 2.05) is 12.1 Å². The zero-order valence-corrected chi connectivity index (χ0v) is 18.1. The summed E-state index contributed by atoms with van der Waals surface area (Å²) in [4.78, 5) is 29.5. The average Bonchev–Trinajstić information content (AvgIpc) is 3.59. The number of benzene rings is 2. The number of carbonyl (C=O) groups excluding carboxylic acids is 2. The summed E-state index contributed by atoms with van der Waals surface area (Å²) >= 11 is 0. The Labute approximate surface area is 183 Å². The fourth-order valence-electron chi connectivity index (χ4n) is 3.74. The smallest absolute Gasteiger partial charge is 0.319 e. The van der Waals surface area contributed by atoms with E-state index in [9.17, 15) is 9.59 Å². The topological polar surface area (TPSA) is 76.7 Å². The lowest BCUT2D eigenvalue weighted by atomic mass is 10.1. The molecule has 3 amide bonds. The molecule has 0 spiro atoms. The summed E-state index contributed by atoms with van der Waals surface area (Å²) < 4.78 is 0. The Morgan fingerprint density at radius 1 is 0.903 bits per heavy atom. The Hall–Kier alpha value is -2.90. The Balaban J connectivity index is 1.29. The summed E-state index contributed by atoms with van der Waals surface area (Å²) in [6.45, 7) is 8.70. The third-order valence-corrected chi connectivity index (χ3v) is 5.83. The Morgan fingerprint density at radius 2 is 1.61 bits per heavy atom. The van der Waals surface area contributed by atoms with Crippen LogP contribution in [-0.4, -0.2) is 60.5 Å². The van der Waals surface area contributed by atoms with Crippen LogP contribution in [-0.2, 0) is 6.54 Å². The van der Waals surface area contributed by atoms with E-state index in [-0.39, 0.29) is 18.0 Å². The summed E-state index contributed by atoms with van der Waals surface area (Å²) in [6.07, 6.45) is 2.06. The van der Waals surface area contributed by atoms with Crippen LogP contribution in [0.5, 0.6) is 0 Å². The highest BCUT2D eigenvalue weighted by Crippen LogP contribution is 2.19. The summed E-state index contributed by atoms with van der Waals surface area (Å²) in [5, 5.41) is 8.60. The third-order valence-electron chi connectivity index (χ3n) is 5.83. The van der Waals surface area contributed by atoms with Crippen LogP contribution in [0.25, 0.3) is 0 Å². The molecule has 0 bridgehead atoms. The molecule has 164 valence electrons. The van der Waals surface area contributed by atoms with Crippen LogP contribution in [0, 0.1) is 0 Å². The van der Waals surface area contributed by atoms with Crippen LogP contribution in [0.15, 0.2) is 48.5 Å². The molecule has 2 aromatic carbocycles. The SMILES string of the molecule is CCN1CCN(Cc2ccc(NC(=O)c3cccc(NC(=O)NC4CC4)c3)cc2)CC1. The van der Waals surface area contributed by atoms with E-state index in [4.69, 9.17) is 0 Å². The number of nitrogens with zero attached hydrogens (tertiary/aromatic N) is 2. The molecule has 1 heterocycles. The van der Waals surface area contributed by atoms with Gasteiger partial charge in [-0.15, -0.1) is 0 Å². The van der Waals surface area contributed by atoms with Crippen LogP contribution < -0.4 is 16.0 Å². The van der Waals surface area contributed by atoms with Gasteiger partial charge in [-0.25, -0.2) is 4.79 Å². The van der Waals surface area contributed by atoms with Gasteiger partial charge in [0, 0.05) is 55.7 Å². The molecule has 2 aliphatic rings. The number of likely N-dealkylation sites (N-methyl/N-ethyl adjacent to an activating group) is 1. The van der Waals surface area contributed by atoms with Crippen molar-refractivity contribution in [3.8, 4) is 0 Å². The highest BCUT2D eigenvalue weighted by Gasteiger charge is 2.23. The van der Waals surface area contributed by atoms with Crippen LogP contribution in [0.1, 0.15) is 35.7 Å². The van der Waals surface area contributed by atoms with Crippen LogP contribution in [0.3, 0.4) is 0 Å². The number of anilines is 2. The number of hydrogen-bond donors (Lipinski definition) is 3. The largest absolute Gasteiger partial charge is 0.335 e. The van der Waals surface area contributed by atoms with Gasteiger partial charge in [-0.2, -0.15) is 0 Å². The van der Waals surface area contributed by atoms with Crippen molar-refractivity contribution >= 4 is 23.3 Å². The minimum absolute atomic E-state index is 0.199. The van der Waals surface area contributed by atoms with Crippen LogP contribution >= 0.6 is 0 Å². The van der Waals surface area contributed by atoms with Gasteiger partial charge in [-0.05, 0) is 55.3 Å². The second-order valence-electron chi connectivity index (χ2n) is 8.31. The molecule has 2 aromatic rings. The molecule has 1 aliphatic carbocycles. The van der Waals surface area contributed by atoms with Crippen molar-refractivity contribution in [1.82, 2.24) is 15.1 Å². The fraction of sp³-hybridized carbons (Fsp3) is 0.417. The first-order chi connectivity index (χ1) is 15.1. The Bertz CT molecular complexity index is 902. The number of urea groups is 1. The first-order valence-electron chi connectivity index (χ1n) is 11.1. The third kappa shape index (κ3) is 6.29. The predicted molar refractivity (Wildman–Crippen MR) is 123 cm³/mol. The van der Waals surface area contributed by atoms with E-state index in [1.165, 1.54) is 5.56 Å². The monoisotopic (exact) mass is 421 g/mol. The Kier molecular flexibility index (Phi) is 6.84. The zero-order valence-electron chi connectivity index (χ0n) is 18.1. The molecule has 1 aliphatic heterocycles. The first kappa shape index (κ1) is 21.3. The standard InChI is InChI=1S/C24H31N5O2/c1-2-28-12-14-29(15-13-28)17-18-6-8-20(9-7-18)25-23(30)19-4-3-5-22(16-19)27-24(31)26-21-10-11-21/h3-9,16,21H,2,10-15,17H2,1H3,(H,25,30)(H2,26,27,31). The van der Waals surface area contributed by atoms with Gasteiger partial charge >= 0.3 is 6.03 Å². The van der Waals surface area contributed by atoms with Gasteiger partial charge in [-0.1, -0.05) is 25.1 Å². The molecule has 7 nitrogen and oxygen atoms in total. The van der Waals surface area contributed by atoms with Crippen molar-refractivity contribution in [2.75, 3.05) is 43.4 Å². The number of carbonyl (C=O) groups is 2. The van der Waals surface area contributed by atoms with Crippen molar-refractivity contribution in [2.24, 2.45) is 0 Å². The molecule has 4 rings (SSSR count). The molecule has 3 N–H and O–H groups in total. The lowest BCUT2D eigenvalue weighted by molar-refractivity contribution is 0.102. The predicted octanol–water partition coefficient (Wildman–Crippen LogP) is 3.36. The fourth-order valence-corrected chi connectivity index (χ4v) is 3.74. The highest BCUT2D eigenvalue weighted by molar-refractivity contribution is 6.05. The minimum Gasteiger partial charge on any atom is -0.335 e. The molecule has 0 aromatic heterocycles. The lowest BCUT2D eigenvalue weighted by Gasteiger charge is -2.34. The average molecular weight is 422 g/mol. The van der Waals surface area contributed by atoms with Gasteiger partial charge in [0.25, 0.3) is 5.91 Å². The Morgan fingerprint density at radius 3 is 2.29 bits per heavy atom. The summed E-state index contributed by atoms with van der Waals surface area (Å²) in [5.74, 6) is -0.199. The molecule has 31 heavy (non-hydrogen) atoms. The van der Waals surface area contributed by atoms with E-state index >= 15 is 0 Å². The van der Waals surface area contributed by atoms with Crippen molar-refractivity contribution in [3.63, 3.8) is 0 Å². The highest BCUT2D eigenvalue weighted by atomic mass is 16.2. The molecule has 0 unspecified atom stereocenters. The summed E-state index contributed by atoms with van der Waals surface area (Å²) in [7, 11) is 0. The van der Waals surface area contributed by atoms with Crippen molar-refractivity contribution in [1.29, 1.82) is 0 Å². The molecule has 1 saturated heterocycles. The normalized spacial score (nSPS) is 17.2. The van der Waals surface area contributed by atoms with E-state index in [1.54, 1.807) is 24.3 Å². The van der Waals surface area contributed by atoms with E-state index < -0.39 is 0 Å². The van der Waals surface area contributed by atoms with E-state index in [2.05, 4.69) is 44.8 Å². The molecular formula is C24H31N5O2. The second kappa shape index (κ2) is 9.94. The molecule has 0 radical (unpaired) electrons. The van der Waals surface area contributed by atoms with Gasteiger partial charge in [0.2, 0.25) is 0 Å². The van der Waals surface area contributed by atoms with Crippen LogP contribution in [0.2, 0.25) is 0 Å². The number of amides is 3. The number of nitrogens with one attached hydrogen (secondary N) is 3. The zero-order chi connectivity index (χ0) is 21.6. The molecular weight excluding hydrogens is 390 g/mol. The number of piperazine rings is 1. The van der Waals surface area contributed by atoms with E-state index in [0.29, 0.717) is 11.3 Å². The maximum atomic E-state index is 12.6. The van der Waals surface area contributed by atoms with Gasteiger partial charge in [0.1, 0.15) is 0 Å². The van der Waals surface area contributed by atoms with Gasteiger partial charge < -0.3 is 20.9 Å². The lowest BCUT2D eigenvalue weighted by Crippen LogP contribution is -2.45. The van der Waals surface area contributed by atoms with E-state index in [0.717, 1.165) is 57.8 Å². The van der Waals surface area contributed by atoms with Crippen molar-refractivity contribution in [2.45, 2.75) is 32.4 Å².